The third-order valence-corrected chi connectivity index (χ3v) is 6.68. The molecule has 0 bridgehead atoms. The van der Waals surface area contributed by atoms with E-state index in [0.29, 0.717) is 26.1 Å². The summed E-state index contributed by atoms with van der Waals surface area (Å²) in [5, 5.41) is 6.32. The maximum absolute atomic E-state index is 13.2. The van der Waals surface area contributed by atoms with Crippen molar-refractivity contribution in [2.75, 3.05) is 45.2 Å². The van der Waals surface area contributed by atoms with E-state index in [9.17, 15) is 14.4 Å². The fourth-order valence-electron chi connectivity index (χ4n) is 4.42. The third-order valence-electron chi connectivity index (χ3n) is 6.04. The van der Waals surface area contributed by atoms with Gasteiger partial charge in [0, 0.05) is 20.1 Å². The highest BCUT2D eigenvalue weighted by Crippen LogP contribution is 2.28. The van der Waals surface area contributed by atoms with Crippen LogP contribution in [-0.2, 0) is 9.59 Å². The number of thioether (sulfide) groups is 1. The summed E-state index contributed by atoms with van der Waals surface area (Å²) in [7, 11) is 1.76. The van der Waals surface area contributed by atoms with Crippen LogP contribution in [0.2, 0.25) is 0 Å². The van der Waals surface area contributed by atoms with Crippen molar-refractivity contribution in [1.82, 2.24) is 25.1 Å². The molecule has 0 aromatic carbocycles. The molecule has 0 unspecified atom stereocenters. The quantitative estimate of drug-likeness (QED) is 0.614. The minimum Gasteiger partial charge on any atom is -0.337 e. The largest absolute Gasteiger partial charge is 0.337 e. The Hall–Kier alpha value is -2.00. The molecule has 2 heterocycles. The molecule has 2 saturated heterocycles. The van der Waals surface area contributed by atoms with Gasteiger partial charge in [-0.15, -0.1) is 0 Å². The number of carbonyl (C=O) groups is 3. The summed E-state index contributed by atoms with van der Waals surface area (Å²) in [6, 6.07) is -0.748. The molecule has 172 valence electrons. The standard InChI is InChI=1S/C22H35N5O3S/c1-4-5-12-25-15-19-26(18(21(25)29)11-13-31-3)20(28)16-24(2)27(19)22(30)23-14-17-9-7-6-8-10-17/h7,9-10,18-19H,4-6,8,11-16H2,1-3H3,(H,23,30)/t18-,19-/m0/s1. The number of nitrogens with one attached hydrogen (secondary N) is 1. The maximum Gasteiger partial charge on any atom is 0.334 e. The summed E-state index contributed by atoms with van der Waals surface area (Å²) in [6.07, 6.45) is 12.3. The number of hydrazine groups is 1. The van der Waals surface area contributed by atoms with Crippen LogP contribution in [0.5, 0.6) is 0 Å². The summed E-state index contributed by atoms with van der Waals surface area (Å²) in [5.41, 5.74) is 1.09. The average Bonchev–Trinajstić information content (AvgIpc) is 2.76. The third kappa shape index (κ3) is 5.44. The lowest BCUT2D eigenvalue weighted by molar-refractivity contribution is -0.187. The van der Waals surface area contributed by atoms with E-state index in [-0.39, 0.29) is 24.4 Å². The summed E-state index contributed by atoms with van der Waals surface area (Å²) in [6.45, 7) is 3.64. The Morgan fingerprint density at radius 2 is 2.10 bits per heavy atom. The Morgan fingerprint density at radius 1 is 1.29 bits per heavy atom. The van der Waals surface area contributed by atoms with Gasteiger partial charge in [-0.3, -0.25) is 9.59 Å². The number of allylic oxidation sites excluding steroid dienone is 2. The van der Waals surface area contributed by atoms with E-state index in [1.165, 1.54) is 0 Å². The van der Waals surface area contributed by atoms with Crippen LogP contribution < -0.4 is 5.32 Å². The number of piperazine rings is 1. The van der Waals surface area contributed by atoms with E-state index in [2.05, 4.69) is 24.4 Å². The van der Waals surface area contributed by atoms with Crippen LogP contribution in [0.25, 0.3) is 0 Å². The summed E-state index contributed by atoms with van der Waals surface area (Å²) >= 11 is 1.66. The van der Waals surface area contributed by atoms with Crippen molar-refractivity contribution >= 4 is 29.6 Å². The van der Waals surface area contributed by atoms with Gasteiger partial charge in [0.25, 0.3) is 0 Å². The van der Waals surface area contributed by atoms with Crippen molar-refractivity contribution in [3.05, 3.63) is 23.8 Å². The molecule has 0 radical (unpaired) electrons. The Labute approximate surface area is 189 Å². The lowest BCUT2D eigenvalue weighted by atomic mass is 10.0. The molecule has 4 amide bonds. The van der Waals surface area contributed by atoms with E-state index in [0.717, 1.165) is 37.0 Å². The second-order valence-corrected chi connectivity index (χ2v) is 9.28. The van der Waals surface area contributed by atoms with Gasteiger partial charge in [0.05, 0.1) is 13.1 Å². The molecule has 1 N–H and O–H groups in total. The number of unbranched alkanes of at least 4 members (excludes halogenated alkanes) is 1. The number of likely N-dealkylation sites (N-methyl/N-ethyl adjacent to an activating group) is 1. The number of carbonyl (C=O) groups excluding carboxylic acids is 3. The molecule has 0 spiro atoms. The van der Waals surface area contributed by atoms with E-state index in [1.54, 1.807) is 33.7 Å². The van der Waals surface area contributed by atoms with Crippen molar-refractivity contribution in [3.63, 3.8) is 0 Å². The van der Waals surface area contributed by atoms with E-state index in [1.807, 2.05) is 17.2 Å². The maximum atomic E-state index is 13.2. The molecule has 8 nitrogen and oxygen atoms in total. The molecule has 0 saturated carbocycles. The highest BCUT2D eigenvalue weighted by Gasteiger charge is 2.50. The summed E-state index contributed by atoms with van der Waals surface area (Å²) in [4.78, 5) is 42.9. The number of fused-ring (bicyclic) bond motifs is 1. The fraction of sp³-hybridized carbons (Fsp3) is 0.682. The van der Waals surface area contributed by atoms with Gasteiger partial charge in [-0.25, -0.2) is 14.8 Å². The molecule has 0 aromatic heterocycles. The predicted molar refractivity (Wildman–Crippen MR) is 123 cm³/mol. The number of hydrogen-bond donors (Lipinski definition) is 1. The molecule has 2 aliphatic heterocycles. The number of rotatable bonds is 8. The average molecular weight is 450 g/mol. The molecule has 3 rings (SSSR count). The zero-order valence-corrected chi connectivity index (χ0v) is 19.7. The molecule has 2 atom stereocenters. The Kier molecular flexibility index (Phi) is 8.43. The van der Waals surface area contributed by atoms with Crippen LogP contribution in [0.3, 0.4) is 0 Å². The smallest absolute Gasteiger partial charge is 0.334 e. The number of nitrogens with zero attached hydrogens (tertiary/aromatic N) is 4. The first-order chi connectivity index (χ1) is 15.0. The van der Waals surface area contributed by atoms with Crippen molar-refractivity contribution in [1.29, 1.82) is 0 Å². The lowest BCUT2D eigenvalue weighted by Gasteiger charge is -2.54. The van der Waals surface area contributed by atoms with Crippen LogP contribution in [0.4, 0.5) is 4.79 Å². The van der Waals surface area contributed by atoms with Gasteiger partial charge in [0.15, 0.2) is 0 Å². The molecule has 9 heteroatoms. The van der Waals surface area contributed by atoms with E-state index in [4.69, 9.17) is 0 Å². The van der Waals surface area contributed by atoms with Crippen molar-refractivity contribution < 1.29 is 14.4 Å². The molecule has 3 aliphatic rings. The second kappa shape index (κ2) is 11.0. The van der Waals surface area contributed by atoms with Crippen LogP contribution in [0.15, 0.2) is 23.8 Å². The van der Waals surface area contributed by atoms with Gasteiger partial charge in [0.2, 0.25) is 11.8 Å². The van der Waals surface area contributed by atoms with Crippen LogP contribution in [0, 0.1) is 0 Å². The second-order valence-electron chi connectivity index (χ2n) is 8.29. The molecular formula is C22H35N5O3S. The summed E-state index contributed by atoms with van der Waals surface area (Å²) < 4.78 is 0. The Bertz CT molecular complexity index is 741. The first kappa shape index (κ1) is 23.7. The number of amides is 4. The first-order valence-corrected chi connectivity index (χ1v) is 12.6. The van der Waals surface area contributed by atoms with Gasteiger partial charge >= 0.3 is 6.03 Å². The van der Waals surface area contributed by atoms with E-state index < -0.39 is 12.2 Å². The van der Waals surface area contributed by atoms with Crippen LogP contribution in [-0.4, -0.2) is 95.1 Å². The minimum absolute atomic E-state index is 0.00881. The first-order valence-electron chi connectivity index (χ1n) is 11.2. The van der Waals surface area contributed by atoms with Crippen molar-refractivity contribution in [2.45, 2.75) is 51.2 Å². The van der Waals surface area contributed by atoms with Gasteiger partial charge in [-0.1, -0.05) is 31.6 Å². The monoisotopic (exact) mass is 449 g/mol. The molecule has 0 aromatic rings. The van der Waals surface area contributed by atoms with Crippen LogP contribution in [0.1, 0.15) is 39.0 Å². The molecule has 1 aliphatic carbocycles. The Morgan fingerprint density at radius 3 is 2.77 bits per heavy atom. The zero-order valence-electron chi connectivity index (χ0n) is 18.9. The van der Waals surface area contributed by atoms with Gasteiger partial charge in [-0.2, -0.15) is 11.8 Å². The SMILES string of the molecule is CCCCN1C[C@H]2N(C(=O)CN(C)N2C(=O)NCC2=CCCC=C2)[C@@H](CCSC)C1=O. The van der Waals surface area contributed by atoms with Gasteiger partial charge in [-0.05, 0) is 43.3 Å². The highest BCUT2D eigenvalue weighted by molar-refractivity contribution is 7.98. The molecule has 31 heavy (non-hydrogen) atoms. The fourth-order valence-corrected chi connectivity index (χ4v) is 4.88. The van der Waals surface area contributed by atoms with Gasteiger partial charge < -0.3 is 15.1 Å². The minimum atomic E-state index is -0.511. The zero-order chi connectivity index (χ0) is 22.4. The number of urea groups is 1. The topological polar surface area (TPSA) is 76.2 Å². The number of hydrogen-bond acceptors (Lipinski definition) is 5. The molecule has 2 fully saturated rings. The van der Waals surface area contributed by atoms with Gasteiger partial charge in [0.1, 0.15) is 12.2 Å². The van der Waals surface area contributed by atoms with Crippen molar-refractivity contribution in [2.24, 2.45) is 0 Å². The summed E-state index contributed by atoms with van der Waals surface area (Å²) in [5.74, 6) is 0.704. The van der Waals surface area contributed by atoms with Crippen LogP contribution >= 0.6 is 11.8 Å². The van der Waals surface area contributed by atoms with E-state index >= 15 is 0 Å². The van der Waals surface area contributed by atoms with Crippen molar-refractivity contribution in [3.8, 4) is 0 Å². The lowest BCUT2D eigenvalue weighted by Crippen LogP contribution is -2.76. The normalized spacial score (nSPS) is 24.4. The molecular weight excluding hydrogens is 414 g/mol. The Balaban J connectivity index is 1.81. The highest BCUT2D eigenvalue weighted by atomic mass is 32.2. The predicted octanol–water partition coefficient (Wildman–Crippen LogP) is 2.05.